The number of hydrogen-bond donors (Lipinski definition) is 2. The van der Waals surface area contributed by atoms with Gasteiger partial charge < -0.3 is 15.3 Å². The van der Waals surface area contributed by atoms with Gasteiger partial charge in [0.2, 0.25) is 0 Å². The van der Waals surface area contributed by atoms with Crippen molar-refractivity contribution in [2.45, 2.75) is 25.5 Å². The number of aliphatic hydroxyl groups is 1. The van der Waals surface area contributed by atoms with E-state index in [4.69, 9.17) is 0 Å². The van der Waals surface area contributed by atoms with E-state index in [1.165, 1.54) is 12.1 Å². The van der Waals surface area contributed by atoms with Gasteiger partial charge in [0.15, 0.2) is 0 Å². The fourth-order valence-electron chi connectivity index (χ4n) is 1.80. The molecule has 0 spiro atoms. The Balaban J connectivity index is 2.42. The molecule has 2 unspecified atom stereocenters. The molecule has 112 valence electrons. The van der Waals surface area contributed by atoms with Gasteiger partial charge in [0, 0.05) is 24.7 Å². The number of nitrogens with one attached hydrogen (secondary N) is 1. The number of nitro groups is 1. The Morgan fingerprint density at radius 2 is 1.95 bits per heavy atom. The molecule has 0 radical (unpaired) electrons. The molecule has 0 amide bonds. The summed E-state index contributed by atoms with van der Waals surface area (Å²) in [5, 5.41) is 23.8. The molecule has 0 fully saturated rings. The van der Waals surface area contributed by atoms with Crippen molar-refractivity contribution in [3.05, 3.63) is 39.9 Å². The number of rotatable bonds is 8. The van der Waals surface area contributed by atoms with Gasteiger partial charge in [-0.25, -0.2) is 0 Å². The van der Waals surface area contributed by atoms with E-state index in [-0.39, 0.29) is 5.69 Å². The van der Waals surface area contributed by atoms with Crippen LogP contribution in [0.3, 0.4) is 0 Å². The molecule has 1 rings (SSSR count). The Labute approximate surface area is 119 Å². The minimum absolute atomic E-state index is 0.0354. The zero-order chi connectivity index (χ0) is 15.1. The van der Waals surface area contributed by atoms with Crippen molar-refractivity contribution in [2.24, 2.45) is 0 Å². The van der Waals surface area contributed by atoms with Gasteiger partial charge in [-0.1, -0.05) is 0 Å². The summed E-state index contributed by atoms with van der Waals surface area (Å²) in [6.45, 7) is 3.50. The molecule has 0 saturated carbocycles. The summed E-state index contributed by atoms with van der Waals surface area (Å²) in [6, 6.07) is 6.32. The third-order valence-electron chi connectivity index (χ3n) is 3.16. The third-order valence-corrected chi connectivity index (χ3v) is 3.16. The van der Waals surface area contributed by atoms with Crippen molar-refractivity contribution >= 4 is 5.69 Å². The quantitative estimate of drug-likeness (QED) is 0.558. The standard InChI is InChI=1S/C14H23N3O3/c1-11(8-9-16(2)3)15-10-14(18)12-4-6-13(7-5-12)17(19)20/h4-7,11,14-15,18H,8-10H2,1-3H3. The molecule has 1 aromatic carbocycles. The van der Waals surface area contributed by atoms with Crippen LogP contribution >= 0.6 is 0 Å². The highest BCUT2D eigenvalue weighted by Crippen LogP contribution is 2.17. The van der Waals surface area contributed by atoms with E-state index >= 15 is 0 Å². The number of benzene rings is 1. The van der Waals surface area contributed by atoms with Gasteiger partial charge in [0.1, 0.15) is 0 Å². The summed E-state index contributed by atoms with van der Waals surface area (Å²) >= 11 is 0. The van der Waals surface area contributed by atoms with Gasteiger partial charge in [-0.2, -0.15) is 0 Å². The monoisotopic (exact) mass is 281 g/mol. The number of nitro benzene ring substituents is 1. The van der Waals surface area contributed by atoms with E-state index in [0.29, 0.717) is 18.2 Å². The van der Waals surface area contributed by atoms with Gasteiger partial charge in [0.25, 0.3) is 5.69 Å². The van der Waals surface area contributed by atoms with Gasteiger partial charge in [-0.05, 0) is 51.7 Å². The molecule has 20 heavy (non-hydrogen) atoms. The van der Waals surface area contributed by atoms with Crippen molar-refractivity contribution in [3.63, 3.8) is 0 Å². The van der Waals surface area contributed by atoms with E-state index in [1.54, 1.807) is 12.1 Å². The number of non-ortho nitro benzene ring substituents is 1. The molecular formula is C14H23N3O3. The van der Waals surface area contributed by atoms with Crippen LogP contribution in [0.5, 0.6) is 0 Å². The zero-order valence-electron chi connectivity index (χ0n) is 12.2. The lowest BCUT2D eigenvalue weighted by atomic mass is 10.1. The highest BCUT2D eigenvalue weighted by Gasteiger charge is 2.11. The van der Waals surface area contributed by atoms with Crippen molar-refractivity contribution in [1.82, 2.24) is 10.2 Å². The summed E-state index contributed by atoms with van der Waals surface area (Å²) in [6.07, 6.45) is 0.345. The van der Waals surface area contributed by atoms with Crippen molar-refractivity contribution < 1.29 is 10.0 Å². The number of hydrogen-bond acceptors (Lipinski definition) is 5. The maximum absolute atomic E-state index is 10.6. The predicted molar refractivity (Wildman–Crippen MR) is 78.7 cm³/mol. The molecule has 0 aliphatic heterocycles. The molecule has 2 atom stereocenters. The van der Waals surface area contributed by atoms with Crippen molar-refractivity contribution in [2.75, 3.05) is 27.2 Å². The Kier molecular flexibility index (Phi) is 6.57. The van der Waals surface area contributed by atoms with Crippen molar-refractivity contribution in [1.29, 1.82) is 0 Å². The summed E-state index contributed by atoms with van der Waals surface area (Å²) in [5.41, 5.74) is 0.719. The number of nitrogens with zero attached hydrogens (tertiary/aromatic N) is 2. The van der Waals surface area contributed by atoms with Crippen molar-refractivity contribution in [3.8, 4) is 0 Å². The van der Waals surface area contributed by atoms with Crippen LogP contribution in [0.4, 0.5) is 5.69 Å². The second kappa shape index (κ2) is 7.94. The minimum atomic E-state index is -0.655. The van der Waals surface area contributed by atoms with Crippen LogP contribution in [-0.2, 0) is 0 Å². The van der Waals surface area contributed by atoms with E-state index in [2.05, 4.69) is 17.1 Å². The molecular weight excluding hydrogens is 258 g/mol. The lowest BCUT2D eigenvalue weighted by molar-refractivity contribution is -0.384. The third kappa shape index (κ3) is 5.64. The molecule has 0 aliphatic carbocycles. The maximum atomic E-state index is 10.6. The SMILES string of the molecule is CC(CCN(C)C)NCC(O)c1ccc([N+](=O)[O-])cc1. The average Bonchev–Trinajstić information content (AvgIpc) is 2.42. The van der Waals surface area contributed by atoms with E-state index < -0.39 is 11.0 Å². The van der Waals surface area contributed by atoms with E-state index in [9.17, 15) is 15.2 Å². The van der Waals surface area contributed by atoms with Gasteiger partial charge in [-0.15, -0.1) is 0 Å². The van der Waals surface area contributed by atoms with Gasteiger partial charge in [-0.3, -0.25) is 10.1 Å². The molecule has 0 aliphatic rings. The molecule has 0 saturated heterocycles. The smallest absolute Gasteiger partial charge is 0.269 e. The van der Waals surface area contributed by atoms with Gasteiger partial charge in [0.05, 0.1) is 11.0 Å². The second-order valence-electron chi connectivity index (χ2n) is 5.27. The van der Waals surface area contributed by atoms with E-state index in [1.807, 2.05) is 14.1 Å². The summed E-state index contributed by atoms with van der Waals surface area (Å²) in [4.78, 5) is 12.2. The molecule has 2 N–H and O–H groups in total. The molecule has 0 bridgehead atoms. The first-order valence-electron chi connectivity index (χ1n) is 6.70. The van der Waals surface area contributed by atoms with Crippen LogP contribution in [0.25, 0.3) is 0 Å². The predicted octanol–water partition coefficient (Wildman–Crippen LogP) is 1.56. The molecule has 6 nitrogen and oxygen atoms in total. The second-order valence-corrected chi connectivity index (χ2v) is 5.27. The fourth-order valence-corrected chi connectivity index (χ4v) is 1.80. The molecule has 6 heteroatoms. The number of aliphatic hydroxyl groups excluding tert-OH is 1. The lowest BCUT2D eigenvalue weighted by Gasteiger charge is -2.19. The van der Waals surface area contributed by atoms with Gasteiger partial charge >= 0.3 is 0 Å². The first kappa shape index (κ1) is 16.6. The highest BCUT2D eigenvalue weighted by molar-refractivity contribution is 5.33. The Morgan fingerprint density at radius 1 is 1.35 bits per heavy atom. The first-order chi connectivity index (χ1) is 9.40. The molecule has 0 aromatic heterocycles. The Bertz CT molecular complexity index is 420. The zero-order valence-corrected chi connectivity index (χ0v) is 12.2. The Hall–Kier alpha value is -1.50. The first-order valence-corrected chi connectivity index (χ1v) is 6.70. The average molecular weight is 281 g/mol. The summed E-state index contributed by atoms with van der Waals surface area (Å²) < 4.78 is 0. The minimum Gasteiger partial charge on any atom is -0.387 e. The normalized spacial score (nSPS) is 14.2. The summed E-state index contributed by atoms with van der Waals surface area (Å²) in [7, 11) is 4.05. The molecule has 0 heterocycles. The molecule has 1 aromatic rings. The largest absolute Gasteiger partial charge is 0.387 e. The summed E-state index contributed by atoms with van der Waals surface area (Å²) in [5.74, 6) is 0. The fraction of sp³-hybridized carbons (Fsp3) is 0.571. The van der Waals surface area contributed by atoms with E-state index in [0.717, 1.165) is 13.0 Å². The van der Waals surface area contributed by atoms with Crippen LogP contribution < -0.4 is 5.32 Å². The maximum Gasteiger partial charge on any atom is 0.269 e. The highest BCUT2D eigenvalue weighted by atomic mass is 16.6. The van der Waals surface area contributed by atoms with Crippen LogP contribution in [0, 0.1) is 10.1 Å². The lowest BCUT2D eigenvalue weighted by Crippen LogP contribution is -2.32. The van der Waals surface area contributed by atoms with Crippen LogP contribution in [0.15, 0.2) is 24.3 Å². The van der Waals surface area contributed by atoms with Crippen LogP contribution in [0.1, 0.15) is 25.0 Å². The Morgan fingerprint density at radius 3 is 2.45 bits per heavy atom. The van der Waals surface area contributed by atoms with Crippen LogP contribution in [-0.4, -0.2) is 48.2 Å². The van der Waals surface area contributed by atoms with Crippen LogP contribution in [0.2, 0.25) is 0 Å². The topological polar surface area (TPSA) is 78.6 Å².